The van der Waals surface area contributed by atoms with Crippen molar-refractivity contribution in [2.24, 2.45) is 0 Å². The Balaban J connectivity index is 2.07. The van der Waals surface area contributed by atoms with E-state index in [0.717, 1.165) is 0 Å². The fraction of sp³-hybridized carbons (Fsp3) is 0.158. The molecule has 3 rings (SSSR count). The van der Waals surface area contributed by atoms with Gasteiger partial charge in [0.1, 0.15) is 17.3 Å². The number of pyridine rings is 1. The lowest BCUT2D eigenvalue weighted by atomic mass is 10.1. The van der Waals surface area contributed by atoms with Gasteiger partial charge in [0.15, 0.2) is 0 Å². The maximum atomic E-state index is 14.1. The predicted molar refractivity (Wildman–Crippen MR) is 96.0 cm³/mol. The van der Waals surface area contributed by atoms with Crippen molar-refractivity contribution in [2.45, 2.75) is 13.3 Å². The molecule has 0 aliphatic rings. The highest BCUT2D eigenvalue weighted by Crippen LogP contribution is 2.35. The van der Waals surface area contributed by atoms with E-state index >= 15 is 0 Å². The molecule has 0 atom stereocenters. The van der Waals surface area contributed by atoms with E-state index in [4.69, 9.17) is 16.3 Å². The summed E-state index contributed by atoms with van der Waals surface area (Å²) in [5.74, 6) is 0.0786. The molecule has 0 saturated carbocycles. The number of hydrogen-bond acceptors (Lipinski definition) is 3. The van der Waals surface area contributed by atoms with Crippen LogP contribution in [0.3, 0.4) is 0 Å². The number of rotatable bonds is 4. The Bertz CT molecular complexity index is 960. The molecule has 2 aromatic carbocycles. The lowest BCUT2D eigenvalue weighted by Crippen LogP contribution is -2.17. The Morgan fingerprint density at radius 1 is 1.24 bits per heavy atom. The summed E-state index contributed by atoms with van der Waals surface area (Å²) in [6, 6.07) is 9.58. The molecule has 3 aromatic rings. The van der Waals surface area contributed by atoms with Gasteiger partial charge < -0.3 is 10.1 Å². The van der Waals surface area contributed by atoms with Crippen LogP contribution >= 0.6 is 11.6 Å². The van der Waals surface area contributed by atoms with E-state index < -0.39 is 0 Å². The first-order valence-electron chi connectivity index (χ1n) is 7.80. The minimum atomic E-state index is -0.369. The fourth-order valence-electron chi connectivity index (χ4n) is 2.53. The first-order valence-corrected chi connectivity index (χ1v) is 8.18. The third kappa shape index (κ3) is 3.42. The summed E-state index contributed by atoms with van der Waals surface area (Å²) in [7, 11) is 1.56. The molecule has 0 aliphatic carbocycles. The fourth-order valence-corrected chi connectivity index (χ4v) is 2.76. The minimum Gasteiger partial charge on any atom is -0.455 e. The topological polar surface area (TPSA) is 51.2 Å². The van der Waals surface area contributed by atoms with Crippen molar-refractivity contribution in [1.29, 1.82) is 0 Å². The Kier molecular flexibility index (Phi) is 4.86. The number of nitrogens with one attached hydrogen (secondary N) is 1. The second kappa shape index (κ2) is 7.07. The maximum Gasteiger partial charge on any atom is 0.251 e. The second-order valence-electron chi connectivity index (χ2n) is 5.45. The van der Waals surface area contributed by atoms with Gasteiger partial charge >= 0.3 is 0 Å². The SMILES string of the molecule is CCc1cc(Cl)c(Oc2ccnc3ccc(C(=O)NC)cc23)cc1F. The number of halogens is 2. The van der Waals surface area contributed by atoms with Crippen LogP contribution in [0.2, 0.25) is 5.02 Å². The van der Waals surface area contributed by atoms with Crippen molar-refractivity contribution in [1.82, 2.24) is 10.3 Å². The van der Waals surface area contributed by atoms with Crippen LogP contribution in [0, 0.1) is 5.82 Å². The smallest absolute Gasteiger partial charge is 0.251 e. The number of aryl methyl sites for hydroxylation is 1. The number of aromatic nitrogens is 1. The van der Waals surface area contributed by atoms with Crippen LogP contribution in [0.25, 0.3) is 10.9 Å². The van der Waals surface area contributed by atoms with E-state index in [0.29, 0.717) is 39.2 Å². The summed E-state index contributed by atoms with van der Waals surface area (Å²) in [6.45, 7) is 1.85. The normalized spacial score (nSPS) is 10.7. The molecule has 1 aromatic heterocycles. The Hall–Kier alpha value is -2.66. The molecule has 0 fully saturated rings. The van der Waals surface area contributed by atoms with E-state index in [1.807, 2.05) is 6.92 Å². The van der Waals surface area contributed by atoms with Gasteiger partial charge in [0, 0.05) is 30.3 Å². The van der Waals surface area contributed by atoms with E-state index in [1.165, 1.54) is 6.07 Å². The van der Waals surface area contributed by atoms with Crippen LogP contribution in [0.4, 0.5) is 4.39 Å². The van der Waals surface area contributed by atoms with Crippen molar-refractivity contribution < 1.29 is 13.9 Å². The van der Waals surface area contributed by atoms with Crippen molar-refractivity contribution in [2.75, 3.05) is 7.05 Å². The molecule has 25 heavy (non-hydrogen) atoms. The molecule has 4 nitrogen and oxygen atoms in total. The van der Waals surface area contributed by atoms with Gasteiger partial charge in [-0.2, -0.15) is 0 Å². The minimum absolute atomic E-state index is 0.215. The predicted octanol–water partition coefficient (Wildman–Crippen LogP) is 4.74. The van der Waals surface area contributed by atoms with Crippen LogP contribution in [0.15, 0.2) is 42.6 Å². The first-order chi connectivity index (χ1) is 12.0. The van der Waals surface area contributed by atoms with Gasteiger partial charge in [-0.25, -0.2) is 4.39 Å². The maximum absolute atomic E-state index is 14.1. The van der Waals surface area contributed by atoms with Gasteiger partial charge in [-0.05, 0) is 42.3 Å². The number of hydrogen-bond donors (Lipinski definition) is 1. The summed E-state index contributed by atoms with van der Waals surface area (Å²) in [4.78, 5) is 16.1. The van der Waals surface area contributed by atoms with Gasteiger partial charge in [-0.1, -0.05) is 18.5 Å². The molecule has 1 N–H and O–H groups in total. The number of fused-ring (bicyclic) bond motifs is 1. The third-order valence-corrected chi connectivity index (χ3v) is 4.19. The van der Waals surface area contributed by atoms with Crippen molar-refractivity contribution in [3.8, 4) is 11.5 Å². The van der Waals surface area contributed by atoms with Gasteiger partial charge in [0.05, 0.1) is 10.5 Å². The average molecular weight is 359 g/mol. The number of nitrogens with zero attached hydrogens (tertiary/aromatic N) is 1. The molecule has 0 unspecified atom stereocenters. The summed E-state index contributed by atoms with van der Waals surface area (Å²) in [5, 5.41) is 3.54. The molecular weight excluding hydrogens is 343 g/mol. The molecular formula is C19H16ClFN2O2. The monoisotopic (exact) mass is 358 g/mol. The summed E-state index contributed by atoms with van der Waals surface area (Å²) >= 11 is 6.21. The Morgan fingerprint density at radius 2 is 2.04 bits per heavy atom. The van der Waals surface area contributed by atoms with Crippen molar-refractivity contribution in [3.63, 3.8) is 0 Å². The highest BCUT2D eigenvalue weighted by Gasteiger charge is 2.13. The zero-order chi connectivity index (χ0) is 18.0. The van der Waals surface area contributed by atoms with Gasteiger partial charge in [-0.3, -0.25) is 9.78 Å². The van der Waals surface area contributed by atoms with Crippen LogP contribution < -0.4 is 10.1 Å². The van der Waals surface area contributed by atoms with Gasteiger partial charge in [0.25, 0.3) is 5.91 Å². The zero-order valence-electron chi connectivity index (χ0n) is 13.8. The molecule has 0 spiro atoms. The summed E-state index contributed by atoms with van der Waals surface area (Å²) in [6.07, 6.45) is 2.13. The van der Waals surface area contributed by atoms with Crippen molar-refractivity contribution >= 4 is 28.4 Å². The standard InChI is InChI=1S/C19H16ClFN2O2/c1-3-11-9-14(20)18(10-15(11)21)25-17-6-7-23-16-5-4-12(8-13(16)17)19(24)22-2/h4-10H,3H2,1-2H3,(H,22,24). The van der Waals surface area contributed by atoms with E-state index in [9.17, 15) is 9.18 Å². The molecule has 0 radical (unpaired) electrons. The molecule has 6 heteroatoms. The molecule has 1 heterocycles. The highest BCUT2D eigenvalue weighted by atomic mass is 35.5. The van der Waals surface area contributed by atoms with Crippen LogP contribution in [0.1, 0.15) is 22.8 Å². The van der Waals surface area contributed by atoms with Crippen LogP contribution in [-0.2, 0) is 6.42 Å². The number of ether oxygens (including phenoxy) is 1. The third-order valence-electron chi connectivity index (χ3n) is 3.89. The summed E-state index contributed by atoms with van der Waals surface area (Å²) in [5.41, 5.74) is 1.66. The van der Waals surface area contributed by atoms with Gasteiger partial charge in [0.2, 0.25) is 0 Å². The number of benzene rings is 2. The van der Waals surface area contributed by atoms with Gasteiger partial charge in [-0.15, -0.1) is 0 Å². The summed E-state index contributed by atoms with van der Waals surface area (Å²) < 4.78 is 19.9. The number of carbonyl (C=O) groups excluding carboxylic acids is 1. The van der Waals surface area contributed by atoms with Crippen LogP contribution in [0.5, 0.6) is 11.5 Å². The zero-order valence-corrected chi connectivity index (χ0v) is 14.5. The highest BCUT2D eigenvalue weighted by molar-refractivity contribution is 6.32. The average Bonchev–Trinajstić information content (AvgIpc) is 2.63. The number of amides is 1. The lowest BCUT2D eigenvalue weighted by molar-refractivity contribution is 0.0963. The Labute approximate surface area is 149 Å². The molecule has 1 amide bonds. The van der Waals surface area contributed by atoms with E-state index in [2.05, 4.69) is 10.3 Å². The van der Waals surface area contributed by atoms with E-state index in [1.54, 1.807) is 43.6 Å². The quantitative estimate of drug-likeness (QED) is 0.732. The van der Waals surface area contributed by atoms with Crippen LogP contribution in [-0.4, -0.2) is 17.9 Å². The lowest BCUT2D eigenvalue weighted by Gasteiger charge is -2.12. The first kappa shape index (κ1) is 17.2. The second-order valence-corrected chi connectivity index (χ2v) is 5.86. The molecule has 0 bridgehead atoms. The molecule has 0 aliphatic heterocycles. The largest absolute Gasteiger partial charge is 0.455 e. The Morgan fingerprint density at radius 3 is 2.76 bits per heavy atom. The molecule has 0 saturated heterocycles. The number of carbonyl (C=O) groups is 1. The van der Waals surface area contributed by atoms with E-state index in [-0.39, 0.29) is 17.5 Å². The molecule has 128 valence electrons. The van der Waals surface area contributed by atoms with Crippen molar-refractivity contribution in [3.05, 3.63) is 64.6 Å².